The molecular formula is C16H31N5O4. The average molecular weight is 357 g/mol. The van der Waals surface area contributed by atoms with Gasteiger partial charge in [-0.25, -0.2) is 0 Å². The Morgan fingerprint density at radius 1 is 1.20 bits per heavy atom. The zero-order valence-corrected chi connectivity index (χ0v) is 15.6. The molecule has 6 N–H and O–H groups in total. The van der Waals surface area contributed by atoms with Crippen LogP contribution in [-0.2, 0) is 19.1 Å². The molecule has 0 aromatic heterocycles. The minimum Gasteiger partial charge on any atom is -0.462 e. The Kier molecular flexibility index (Phi) is 9.92. The first-order chi connectivity index (χ1) is 11.6. The molecule has 0 heterocycles. The number of nitrogens with zero attached hydrogens (tertiary/aromatic N) is 1. The summed E-state index contributed by atoms with van der Waals surface area (Å²) in [6.45, 7) is 7.31. The highest BCUT2D eigenvalue weighted by Crippen LogP contribution is 2.20. The number of hydrogen-bond donors (Lipinski definition) is 4. The first-order valence-electron chi connectivity index (χ1n) is 8.40. The van der Waals surface area contributed by atoms with Crippen LogP contribution in [0.4, 0.5) is 0 Å². The van der Waals surface area contributed by atoms with Crippen molar-refractivity contribution in [3.05, 3.63) is 0 Å². The maximum absolute atomic E-state index is 12.2. The number of carbonyl (C=O) groups excluding carboxylic acids is 3. The quantitative estimate of drug-likeness (QED) is 0.119. The third kappa shape index (κ3) is 6.43. The summed E-state index contributed by atoms with van der Waals surface area (Å²) in [7, 11) is 0. The molecule has 0 radical (unpaired) electrons. The zero-order valence-electron chi connectivity index (χ0n) is 15.6. The monoisotopic (exact) mass is 357 g/mol. The van der Waals surface area contributed by atoms with Crippen LogP contribution in [0.2, 0.25) is 0 Å². The fourth-order valence-corrected chi connectivity index (χ4v) is 2.70. The Morgan fingerprint density at radius 3 is 2.12 bits per heavy atom. The number of carbonyl (C=O) groups is 3. The highest BCUT2D eigenvalue weighted by atomic mass is 16.5. The molecule has 0 aliphatic rings. The van der Waals surface area contributed by atoms with Crippen molar-refractivity contribution in [2.75, 3.05) is 26.2 Å². The van der Waals surface area contributed by atoms with E-state index in [9.17, 15) is 14.4 Å². The number of likely N-dealkylation sites (N-methyl/N-ethyl adjacent to an activating group) is 1. The standard InChI is InChI=1S/C16H31N5O4/c1-5-21(6-2)16(11(3)22,12(4)23)10-25-14(24)13(17)8-7-9-20-15(18)19/h13H,5-10,17H2,1-4H3,(H4,18,19,20)/t13-/m0/s1. The van der Waals surface area contributed by atoms with E-state index in [1.807, 2.05) is 13.8 Å². The van der Waals surface area contributed by atoms with Crippen molar-refractivity contribution in [1.82, 2.24) is 10.2 Å². The largest absolute Gasteiger partial charge is 0.462 e. The molecule has 144 valence electrons. The van der Waals surface area contributed by atoms with Gasteiger partial charge >= 0.3 is 5.97 Å². The second-order valence-electron chi connectivity index (χ2n) is 5.84. The molecule has 0 spiro atoms. The van der Waals surface area contributed by atoms with Crippen LogP contribution in [0.15, 0.2) is 0 Å². The highest BCUT2D eigenvalue weighted by Gasteiger charge is 2.46. The predicted octanol–water partition coefficient (Wildman–Crippen LogP) is -0.621. The van der Waals surface area contributed by atoms with Crippen LogP contribution in [0.25, 0.3) is 0 Å². The second kappa shape index (κ2) is 10.8. The first kappa shape index (κ1) is 23.0. The molecule has 0 amide bonds. The predicted molar refractivity (Wildman–Crippen MR) is 95.1 cm³/mol. The van der Waals surface area contributed by atoms with Gasteiger partial charge < -0.3 is 21.5 Å². The van der Waals surface area contributed by atoms with E-state index in [0.717, 1.165) is 0 Å². The summed E-state index contributed by atoms with van der Waals surface area (Å²) in [6, 6.07) is -0.873. The lowest BCUT2D eigenvalue weighted by Crippen LogP contribution is -2.62. The van der Waals surface area contributed by atoms with E-state index in [-0.39, 0.29) is 24.1 Å². The van der Waals surface area contributed by atoms with Crippen molar-refractivity contribution < 1.29 is 19.1 Å². The maximum atomic E-state index is 12.2. The van der Waals surface area contributed by atoms with Crippen LogP contribution in [-0.4, -0.2) is 66.2 Å². The molecule has 0 bridgehead atoms. The van der Waals surface area contributed by atoms with Crippen LogP contribution in [0, 0.1) is 5.41 Å². The first-order valence-corrected chi connectivity index (χ1v) is 8.40. The van der Waals surface area contributed by atoms with Gasteiger partial charge in [0, 0.05) is 6.54 Å². The van der Waals surface area contributed by atoms with Gasteiger partial charge in [0.2, 0.25) is 0 Å². The van der Waals surface area contributed by atoms with E-state index in [4.69, 9.17) is 21.6 Å². The van der Waals surface area contributed by atoms with Crippen LogP contribution in [0.1, 0.15) is 40.5 Å². The Bertz CT molecular complexity index is 477. The fraction of sp³-hybridized carbons (Fsp3) is 0.750. The summed E-state index contributed by atoms with van der Waals surface area (Å²) in [5.41, 5.74) is 9.47. The van der Waals surface area contributed by atoms with E-state index >= 15 is 0 Å². The Hall–Kier alpha value is -2.00. The Labute approximate surface area is 148 Å². The third-order valence-electron chi connectivity index (χ3n) is 4.20. The van der Waals surface area contributed by atoms with Gasteiger partial charge in [0.05, 0.1) is 0 Å². The lowest BCUT2D eigenvalue weighted by Gasteiger charge is -2.38. The lowest BCUT2D eigenvalue weighted by atomic mass is 9.88. The van der Waals surface area contributed by atoms with Crippen LogP contribution in [0.5, 0.6) is 0 Å². The molecule has 0 rings (SSSR count). The van der Waals surface area contributed by atoms with E-state index in [0.29, 0.717) is 32.5 Å². The molecule has 0 aliphatic heterocycles. The van der Waals surface area contributed by atoms with Crippen LogP contribution in [0.3, 0.4) is 0 Å². The molecule has 0 saturated heterocycles. The normalized spacial score (nSPS) is 12.6. The van der Waals surface area contributed by atoms with Crippen LogP contribution >= 0.6 is 0 Å². The number of ketones is 2. The molecule has 0 unspecified atom stereocenters. The summed E-state index contributed by atoms with van der Waals surface area (Å²) < 4.78 is 5.22. The van der Waals surface area contributed by atoms with Crippen molar-refractivity contribution in [1.29, 1.82) is 5.41 Å². The van der Waals surface area contributed by atoms with E-state index in [2.05, 4.69) is 5.32 Å². The van der Waals surface area contributed by atoms with E-state index in [1.54, 1.807) is 4.90 Å². The summed E-state index contributed by atoms with van der Waals surface area (Å²) >= 11 is 0. The Balaban J connectivity index is 4.88. The summed E-state index contributed by atoms with van der Waals surface area (Å²) in [4.78, 5) is 38.2. The number of hydrogen-bond acceptors (Lipinski definition) is 7. The van der Waals surface area contributed by atoms with E-state index in [1.165, 1.54) is 13.8 Å². The SMILES string of the molecule is CCN(CC)C(COC(=O)[C@@H](N)CCCNC(=N)N)(C(C)=O)C(C)=O. The minimum atomic E-state index is -1.48. The zero-order chi connectivity index (χ0) is 19.6. The number of ether oxygens (including phenoxy) is 1. The van der Waals surface area contributed by atoms with Gasteiger partial charge in [-0.2, -0.15) is 0 Å². The number of rotatable bonds is 12. The number of esters is 1. The smallest absolute Gasteiger partial charge is 0.323 e. The number of nitrogens with one attached hydrogen (secondary N) is 2. The Morgan fingerprint density at radius 2 is 1.72 bits per heavy atom. The minimum absolute atomic E-state index is 0.150. The third-order valence-corrected chi connectivity index (χ3v) is 4.20. The van der Waals surface area contributed by atoms with Gasteiger partial charge in [-0.15, -0.1) is 0 Å². The summed E-state index contributed by atoms with van der Waals surface area (Å²) in [6.07, 6.45) is 0.855. The van der Waals surface area contributed by atoms with Gasteiger partial charge in [-0.05, 0) is 39.8 Å². The molecular weight excluding hydrogens is 326 g/mol. The molecule has 9 heteroatoms. The van der Waals surface area contributed by atoms with Gasteiger partial charge in [0.25, 0.3) is 0 Å². The maximum Gasteiger partial charge on any atom is 0.323 e. The van der Waals surface area contributed by atoms with Gasteiger partial charge in [-0.1, -0.05) is 13.8 Å². The van der Waals surface area contributed by atoms with Crippen LogP contribution < -0.4 is 16.8 Å². The van der Waals surface area contributed by atoms with Crippen molar-refractivity contribution >= 4 is 23.5 Å². The van der Waals surface area contributed by atoms with Gasteiger partial charge in [0.15, 0.2) is 23.1 Å². The van der Waals surface area contributed by atoms with Crippen molar-refractivity contribution in [3.8, 4) is 0 Å². The number of nitrogens with two attached hydrogens (primary N) is 2. The fourth-order valence-electron chi connectivity index (χ4n) is 2.70. The van der Waals surface area contributed by atoms with Gasteiger partial charge in [0.1, 0.15) is 12.6 Å². The van der Waals surface area contributed by atoms with Gasteiger partial charge in [-0.3, -0.25) is 24.7 Å². The summed E-state index contributed by atoms with van der Waals surface area (Å²) in [5.74, 6) is -1.55. The topological polar surface area (TPSA) is 152 Å². The lowest BCUT2D eigenvalue weighted by molar-refractivity contribution is -0.156. The second-order valence-corrected chi connectivity index (χ2v) is 5.84. The molecule has 0 aliphatic carbocycles. The average Bonchev–Trinajstić information content (AvgIpc) is 2.53. The molecule has 0 aromatic carbocycles. The summed E-state index contributed by atoms with van der Waals surface area (Å²) in [5, 5.41) is 9.65. The number of Topliss-reactive ketones (excluding diaryl/α,β-unsaturated/α-hetero) is 2. The molecule has 1 atom stereocenters. The van der Waals surface area contributed by atoms with Crippen molar-refractivity contribution in [2.45, 2.75) is 52.1 Å². The van der Waals surface area contributed by atoms with Crippen molar-refractivity contribution in [2.24, 2.45) is 11.5 Å². The van der Waals surface area contributed by atoms with E-state index < -0.39 is 17.6 Å². The molecule has 9 nitrogen and oxygen atoms in total. The number of guanidine groups is 1. The molecule has 0 saturated carbocycles. The molecule has 0 aromatic rings. The highest BCUT2D eigenvalue weighted by molar-refractivity contribution is 6.10. The molecule has 25 heavy (non-hydrogen) atoms. The molecule has 0 fully saturated rings. The van der Waals surface area contributed by atoms with Crippen molar-refractivity contribution in [3.63, 3.8) is 0 Å².